The van der Waals surface area contributed by atoms with Crippen molar-refractivity contribution in [3.05, 3.63) is 21.5 Å². The molecule has 0 aromatic heterocycles. The maximum atomic E-state index is 2.62. The van der Waals surface area contributed by atoms with Crippen LogP contribution in [0.15, 0.2) is 21.5 Å². The Labute approximate surface area is 96.1 Å². The second kappa shape index (κ2) is 7.58. The van der Waals surface area contributed by atoms with Crippen molar-refractivity contribution >= 4 is 0 Å². The Morgan fingerprint density at radius 1 is 1.18 bits per heavy atom. The Balaban J connectivity index is -0.000000213. The molecule has 11 heavy (non-hydrogen) atoms. The molecule has 1 aliphatic rings. The first-order valence-corrected chi connectivity index (χ1v) is 3.47. The zero-order chi connectivity index (χ0) is 6.15. The average Bonchev–Trinajstić information content (AvgIpc) is 1.98. The molecule has 0 aromatic rings. The van der Waals surface area contributed by atoms with Crippen LogP contribution in [0.1, 0.15) is 20.3 Å². The predicted octanol–water partition coefficient (Wildman–Crippen LogP) is -6.83. The quantitative estimate of drug-likeness (QED) is 0.401. The summed E-state index contributed by atoms with van der Waals surface area (Å²) in [5.41, 5.74) is 2.94. The zero-order valence-electron chi connectivity index (χ0n) is 6.37. The molecule has 0 N–H and O–H groups in total. The van der Waals surface area contributed by atoms with Gasteiger partial charge in [0.1, 0.15) is 0 Å². The Morgan fingerprint density at radius 3 is 1.73 bits per heavy atom. The van der Waals surface area contributed by atoms with Gasteiger partial charge < -0.3 is 37.2 Å². The van der Waals surface area contributed by atoms with Gasteiger partial charge in [0.15, 0.2) is 0 Å². The zero-order valence-corrected chi connectivity index (χ0v) is 10.0. The molecular formula is C7H9Cl3V. The second-order valence-electron chi connectivity index (χ2n) is 2.22. The smallest absolute Gasteiger partial charge is 1.00 e. The third-order valence-electron chi connectivity index (χ3n) is 1.49. The van der Waals surface area contributed by atoms with Gasteiger partial charge in [0.2, 0.25) is 0 Å². The first kappa shape index (κ1) is 17.9. The maximum absolute atomic E-state index is 2.62. The number of halogens is 3. The molecule has 0 radical (unpaired) electrons. The van der Waals surface area contributed by atoms with Crippen LogP contribution in [0.5, 0.6) is 0 Å². The number of hydrogen-bond donors (Lipinski definition) is 0. The first-order valence-electron chi connectivity index (χ1n) is 2.77. The average molecular weight is 250 g/mol. The molecule has 0 heterocycles. The van der Waals surface area contributed by atoms with Gasteiger partial charge in [-0.2, -0.15) is 0 Å². The second-order valence-corrected chi connectivity index (χ2v) is 2.92. The molecule has 1 aliphatic carbocycles. The summed E-state index contributed by atoms with van der Waals surface area (Å²) in [6.45, 7) is 4.34. The molecule has 0 spiro atoms. The monoisotopic (exact) mass is 249 g/mol. The molecule has 4 heteroatoms. The molecule has 0 bridgehead atoms. The van der Waals surface area contributed by atoms with Crippen LogP contribution >= 0.6 is 0 Å². The number of hydrogen-bond acceptors (Lipinski definition) is 0. The standard InChI is InChI=1S/C7H9.3ClH.V/c1-6-3-4-7(2)5-6;;;;/h3H,4H2,1-2H3;3*1H;/q;;;;+3/p-3. The Hall–Kier alpha value is 0.934. The minimum Gasteiger partial charge on any atom is -1.00 e. The molecule has 0 unspecified atom stereocenters. The molecule has 63 valence electrons. The topological polar surface area (TPSA) is 0 Å². The molecule has 0 saturated heterocycles. The van der Waals surface area contributed by atoms with Crippen LogP contribution in [0.3, 0.4) is 0 Å². The van der Waals surface area contributed by atoms with E-state index in [1.165, 1.54) is 15.4 Å². The summed E-state index contributed by atoms with van der Waals surface area (Å²) in [5, 5.41) is 0. The molecule has 0 nitrogen and oxygen atoms in total. The molecule has 0 fully saturated rings. The van der Waals surface area contributed by atoms with Crippen molar-refractivity contribution in [3.8, 4) is 0 Å². The number of allylic oxidation sites excluding steroid dienone is 4. The fourth-order valence-corrected chi connectivity index (χ4v) is 1.12. The van der Waals surface area contributed by atoms with Gasteiger partial charge in [0, 0.05) is 0 Å². The first-order chi connectivity index (χ1) is 3.72. The molecule has 0 saturated carbocycles. The normalized spacial score (nSPS) is 14.4. The van der Waals surface area contributed by atoms with Crippen molar-refractivity contribution in [1.82, 2.24) is 0 Å². The van der Waals surface area contributed by atoms with Gasteiger partial charge in [0.05, 0.1) is 0 Å². The minimum absolute atomic E-state index is 0. The van der Waals surface area contributed by atoms with E-state index in [-0.39, 0.29) is 37.2 Å². The van der Waals surface area contributed by atoms with Gasteiger partial charge in [-0.3, -0.25) is 0 Å². The SMILES string of the molecule is CC1=CCC(C)=[C]1[V+3].[Cl-].[Cl-].[Cl-]. The van der Waals surface area contributed by atoms with Gasteiger partial charge in [-0.25, -0.2) is 0 Å². The van der Waals surface area contributed by atoms with E-state index in [4.69, 9.17) is 0 Å². The Kier molecular flexibility index (Phi) is 12.3. The van der Waals surface area contributed by atoms with Crippen LogP contribution in [-0.2, 0) is 17.4 Å². The van der Waals surface area contributed by atoms with Gasteiger partial charge in [0.25, 0.3) is 0 Å². The summed E-state index contributed by atoms with van der Waals surface area (Å²) in [6, 6.07) is 0. The van der Waals surface area contributed by atoms with E-state index in [0.717, 1.165) is 6.42 Å². The molecule has 0 aliphatic heterocycles. The van der Waals surface area contributed by atoms with Crippen LogP contribution < -0.4 is 37.2 Å². The molecule has 1 rings (SSSR count). The van der Waals surface area contributed by atoms with Crippen LogP contribution in [0.4, 0.5) is 0 Å². The third kappa shape index (κ3) is 4.50. The van der Waals surface area contributed by atoms with Crippen LogP contribution in [0.2, 0.25) is 0 Å². The van der Waals surface area contributed by atoms with Crippen molar-refractivity contribution in [2.45, 2.75) is 20.3 Å². The summed E-state index contributed by atoms with van der Waals surface area (Å²) < 4.78 is 1.43. The minimum atomic E-state index is 0. The molecule has 0 aromatic carbocycles. The summed E-state index contributed by atoms with van der Waals surface area (Å²) >= 11 is 2.62. The van der Waals surface area contributed by atoms with Gasteiger partial charge in [-0.05, 0) is 0 Å². The summed E-state index contributed by atoms with van der Waals surface area (Å²) in [5.74, 6) is 0. The van der Waals surface area contributed by atoms with E-state index in [0.29, 0.717) is 0 Å². The molecule has 0 atom stereocenters. The van der Waals surface area contributed by atoms with E-state index in [2.05, 4.69) is 37.3 Å². The van der Waals surface area contributed by atoms with Crippen LogP contribution in [0.25, 0.3) is 0 Å². The Bertz CT molecular complexity index is 167. The van der Waals surface area contributed by atoms with Gasteiger partial charge in [-0.1, -0.05) is 0 Å². The van der Waals surface area contributed by atoms with E-state index < -0.39 is 0 Å². The summed E-state index contributed by atoms with van der Waals surface area (Å²) in [6.07, 6.45) is 3.43. The third-order valence-corrected chi connectivity index (χ3v) is 2.64. The van der Waals surface area contributed by atoms with E-state index >= 15 is 0 Å². The van der Waals surface area contributed by atoms with Crippen molar-refractivity contribution < 1.29 is 54.6 Å². The van der Waals surface area contributed by atoms with E-state index in [9.17, 15) is 0 Å². The van der Waals surface area contributed by atoms with Crippen molar-refractivity contribution in [1.29, 1.82) is 0 Å². The summed E-state index contributed by atoms with van der Waals surface area (Å²) in [7, 11) is 0. The van der Waals surface area contributed by atoms with Crippen molar-refractivity contribution in [3.63, 3.8) is 0 Å². The van der Waals surface area contributed by atoms with E-state index in [1.807, 2.05) is 0 Å². The maximum Gasteiger partial charge on any atom is -1.00 e. The van der Waals surface area contributed by atoms with Crippen molar-refractivity contribution in [2.24, 2.45) is 0 Å². The van der Waals surface area contributed by atoms with Gasteiger partial charge in [-0.15, -0.1) is 0 Å². The van der Waals surface area contributed by atoms with Gasteiger partial charge >= 0.3 is 59.2 Å². The fourth-order valence-electron chi connectivity index (χ4n) is 0.836. The molecule has 0 amide bonds. The van der Waals surface area contributed by atoms with Crippen LogP contribution in [-0.4, -0.2) is 0 Å². The van der Waals surface area contributed by atoms with Crippen LogP contribution in [0, 0.1) is 0 Å². The molecular weight excluding hydrogens is 241 g/mol. The van der Waals surface area contributed by atoms with E-state index in [1.54, 1.807) is 0 Å². The largest absolute Gasteiger partial charge is 1.00 e. The fraction of sp³-hybridized carbons (Fsp3) is 0.429. The predicted molar refractivity (Wildman–Crippen MR) is 31.1 cm³/mol. The van der Waals surface area contributed by atoms with Crippen molar-refractivity contribution in [2.75, 3.05) is 0 Å². The summed E-state index contributed by atoms with van der Waals surface area (Å²) in [4.78, 5) is 0. The Morgan fingerprint density at radius 2 is 1.64 bits per heavy atom. The number of rotatable bonds is 0.